The van der Waals surface area contributed by atoms with Crippen LogP contribution in [0, 0.1) is 0 Å². The second-order valence-electron chi connectivity index (χ2n) is 4.24. The smallest absolute Gasteiger partial charge is 0.322 e. The molecule has 0 aliphatic heterocycles. The molecular weight excluding hydrogens is 287 g/mol. The van der Waals surface area contributed by atoms with Crippen molar-refractivity contribution in [1.29, 1.82) is 0 Å². The maximum Gasteiger partial charge on any atom is 0.433 e. The van der Waals surface area contributed by atoms with Crippen LogP contribution in [-0.2, 0) is 6.18 Å². The number of Topliss-reactive ketones (excluding diaryl/α,β-unsaturated/α-hetero) is 1. The van der Waals surface area contributed by atoms with Crippen LogP contribution in [0.1, 0.15) is 33.3 Å². The summed E-state index contributed by atoms with van der Waals surface area (Å²) in [6, 6.07) is 5.81. The molecule has 1 aromatic heterocycles. The SMILES string of the molecule is CC(=O)c1ccc(NC(=O)c2cn[nH]c2C(F)(F)F)cc1. The van der Waals surface area contributed by atoms with E-state index in [1.807, 2.05) is 0 Å². The van der Waals surface area contributed by atoms with E-state index < -0.39 is 23.3 Å². The molecule has 2 aromatic rings. The van der Waals surface area contributed by atoms with E-state index in [-0.39, 0.29) is 11.5 Å². The number of nitrogens with zero attached hydrogens (tertiary/aromatic N) is 1. The number of nitrogens with one attached hydrogen (secondary N) is 2. The number of ketones is 1. The Labute approximate surface area is 117 Å². The van der Waals surface area contributed by atoms with E-state index in [1.54, 1.807) is 5.10 Å². The van der Waals surface area contributed by atoms with Crippen molar-refractivity contribution >= 4 is 17.4 Å². The summed E-state index contributed by atoms with van der Waals surface area (Å²) in [5.41, 5.74) is -1.09. The first kappa shape index (κ1) is 14.8. The standard InChI is InChI=1S/C13H10F3N3O2/c1-7(20)8-2-4-9(5-3-8)18-12(21)10-6-17-19-11(10)13(14,15)16/h2-6H,1H3,(H,17,19)(H,18,21). The first-order valence-corrected chi connectivity index (χ1v) is 5.82. The first-order valence-electron chi connectivity index (χ1n) is 5.82. The van der Waals surface area contributed by atoms with Gasteiger partial charge in [-0.3, -0.25) is 14.7 Å². The maximum atomic E-state index is 12.6. The van der Waals surface area contributed by atoms with Crippen molar-refractivity contribution in [3.05, 3.63) is 47.3 Å². The molecule has 0 unspecified atom stereocenters. The van der Waals surface area contributed by atoms with Gasteiger partial charge in [0.25, 0.3) is 5.91 Å². The van der Waals surface area contributed by atoms with E-state index in [0.717, 1.165) is 6.20 Å². The molecule has 0 saturated carbocycles. The monoisotopic (exact) mass is 297 g/mol. The summed E-state index contributed by atoms with van der Waals surface area (Å²) in [4.78, 5) is 22.9. The zero-order chi connectivity index (χ0) is 15.6. The third-order valence-electron chi connectivity index (χ3n) is 2.72. The van der Waals surface area contributed by atoms with Crippen LogP contribution in [0.5, 0.6) is 0 Å². The predicted octanol–water partition coefficient (Wildman–Crippen LogP) is 2.88. The summed E-state index contributed by atoms with van der Waals surface area (Å²) >= 11 is 0. The number of aromatic nitrogens is 2. The lowest BCUT2D eigenvalue weighted by molar-refractivity contribution is -0.141. The zero-order valence-electron chi connectivity index (χ0n) is 10.8. The quantitative estimate of drug-likeness (QED) is 0.855. The minimum absolute atomic E-state index is 0.151. The van der Waals surface area contributed by atoms with Gasteiger partial charge in [0, 0.05) is 11.3 Å². The van der Waals surface area contributed by atoms with Gasteiger partial charge in [-0.1, -0.05) is 0 Å². The van der Waals surface area contributed by atoms with E-state index in [4.69, 9.17) is 0 Å². The van der Waals surface area contributed by atoms with Gasteiger partial charge in [-0.05, 0) is 31.2 Å². The molecule has 8 heteroatoms. The lowest BCUT2D eigenvalue weighted by Crippen LogP contribution is -2.17. The minimum Gasteiger partial charge on any atom is -0.322 e. The molecule has 5 nitrogen and oxygen atoms in total. The lowest BCUT2D eigenvalue weighted by atomic mass is 10.1. The van der Waals surface area contributed by atoms with E-state index in [1.165, 1.54) is 31.2 Å². The first-order chi connectivity index (χ1) is 9.79. The maximum absolute atomic E-state index is 12.6. The number of hydrogen-bond acceptors (Lipinski definition) is 3. The highest BCUT2D eigenvalue weighted by Gasteiger charge is 2.37. The lowest BCUT2D eigenvalue weighted by Gasteiger charge is -2.08. The number of rotatable bonds is 3. The molecule has 2 rings (SSSR count). The van der Waals surface area contributed by atoms with Crippen molar-refractivity contribution in [1.82, 2.24) is 10.2 Å². The highest BCUT2D eigenvalue weighted by molar-refractivity contribution is 6.05. The van der Waals surface area contributed by atoms with Crippen LogP contribution in [0.15, 0.2) is 30.5 Å². The van der Waals surface area contributed by atoms with E-state index in [2.05, 4.69) is 10.4 Å². The van der Waals surface area contributed by atoms with Crippen LogP contribution in [0.25, 0.3) is 0 Å². The van der Waals surface area contributed by atoms with Crippen LogP contribution >= 0.6 is 0 Å². The van der Waals surface area contributed by atoms with Gasteiger partial charge < -0.3 is 5.32 Å². The molecule has 0 aliphatic rings. The Kier molecular flexibility index (Phi) is 3.79. The molecule has 1 heterocycles. The number of halogens is 3. The summed E-state index contributed by atoms with van der Waals surface area (Å²) < 4.78 is 37.9. The Bertz CT molecular complexity index is 675. The topological polar surface area (TPSA) is 74.8 Å². The highest BCUT2D eigenvalue weighted by Crippen LogP contribution is 2.30. The fraction of sp³-hybridized carbons (Fsp3) is 0.154. The molecule has 110 valence electrons. The predicted molar refractivity (Wildman–Crippen MR) is 68.0 cm³/mol. The highest BCUT2D eigenvalue weighted by atomic mass is 19.4. The summed E-state index contributed by atoms with van der Waals surface area (Å²) in [7, 11) is 0. The number of carbonyl (C=O) groups is 2. The molecule has 0 atom stereocenters. The molecule has 0 saturated heterocycles. The molecule has 1 amide bonds. The average molecular weight is 297 g/mol. The van der Waals surface area contributed by atoms with Crippen LogP contribution in [0.3, 0.4) is 0 Å². The number of anilines is 1. The van der Waals surface area contributed by atoms with Gasteiger partial charge >= 0.3 is 6.18 Å². The molecule has 2 N–H and O–H groups in total. The number of carbonyl (C=O) groups excluding carboxylic acids is 2. The molecule has 0 aliphatic carbocycles. The van der Waals surface area contributed by atoms with Crippen LogP contribution in [-0.4, -0.2) is 21.9 Å². The fourth-order valence-electron chi connectivity index (χ4n) is 1.66. The van der Waals surface area contributed by atoms with Gasteiger partial charge in [0.15, 0.2) is 11.5 Å². The second kappa shape index (κ2) is 5.39. The number of H-pyrrole nitrogens is 1. The van der Waals surface area contributed by atoms with E-state index in [9.17, 15) is 22.8 Å². The van der Waals surface area contributed by atoms with E-state index >= 15 is 0 Å². The van der Waals surface area contributed by atoms with Crippen molar-refractivity contribution in [3.63, 3.8) is 0 Å². The van der Waals surface area contributed by atoms with Gasteiger partial charge in [-0.25, -0.2) is 0 Å². The Hall–Kier alpha value is -2.64. The van der Waals surface area contributed by atoms with Gasteiger partial charge in [0.05, 0.1) is 11.8 Å². The molecule has 21 heavy (non-hydrogen) atoms. The van der Waals surface area contributed by atoms with Crippen molar-refractivity contribution in [3.8, 4) is 0 Å². The van der Waals surface area contributed by atoms with Crippen molar-refractivity contribution in [2.75, 3.05) is 5.32 Å². The number of aromatic amines is 1. The van der Waals surface area contributed by atoms with E-state index in [0.29, 0.717) is 5.56 Å². The number of hydrogen-bond donors (Lipinski definition) is 2. The van der Waals surface area contributed by atoms with Crippen molar-refractivity contribution < 1.29 is 22.8 Å². The Morgan fingerprint density at radius 3 is 2.33 bits per heavy atom. The van der Waals surface area contributed by atoms with Gasteiger partial charge in [-0.2, -0.15) is 18.3 Å². The van der Waals surface area contributed by atoms with Gasteiger partial charge in [-0.15, -0.1) is 0 Å². The molecule has 0 fully saturated rings. The van der Waals surface area contributed by atoms with Crippen LogP contribution < -0.4 is 5.32 Å². The average Bonchev–Trinajstić information content (AvgIpc) is 2.88. The number of alkyl halides is 3. The Morgan fingerprint density at radius 1 is 1.19 bits per heavy atom. The van der Waals surface area contributed by atoms with Crippen molar-refractivity contribution in [2.24, 2.45) is 0 Å². The van der Waals surface area contributed by atoms with Gasteiger partial charge in [0.1, 0.15) is 0 Å². The zero-order valence-corrected chi connectivity index (χ0v) is 10.8. The molecule has 0 radical (unpaired) electrons. The Morgan fingerprint density at radius 2 is 1.81 bits per heavy atom. The molecule has 0 bridgehead atoms. The summed E-state index contributed by atoms with van der Waals surface area (Å²) in [5.74, 6) is -1.09. The normalized spacial score (nSPS) is 11.2. The van der Waals surface area contributed by atoms with Crippen molar-refractivity contribution in [2.45, 2.75) is 13.1 Å². The fourth-order valence-corrected chi connectivity index (χ4v) is 1.66. The summed E-state index contributed by atoms with van der Waals surface area (Å²) in [5, 5.41) is 7.31. The second-order valence-corrected chi connectivity index (χ2v) is 4.24. The minimum atomic E-state index is -4.69. The molecule has 1 aromatic carbocycles. The summed E-state index contributed by atoms with van der Waals surface area (Å²) in [6.07, 6.45) is -3.89. The third kappa shape index (κ3) is 3.28. The largest absolute Gasteiger partial charge is 0.433 e. The summed E-state index contributed by atoms with van der Waals surface area (Å²) in [6.45, 7) is 1.38. The van der Waals surface area contributed by atoms with Crippen LogP contribution in [0.4, 0.5) is 18.9 Å². The van der Waals surface area contributed by atoms with Gasteiger partial charge in [0.2, 0.25) is 0 Å². The number of amides is 1. The third-order valence-corrected chi connectivity index (χ3v) is 2.72. The van der Waals surface area contributed by atoms with Crippen LogP contribution in [0.2, 0.25) is 0 Å². The number of benzene rings is 1. The molecular formula is C13H10F3N3O2. The molecule has 0 spiro atoms. The Balaban J connectivity index is 2.19.